The zero-order chi connectivity index (χ0) is 16.2. The first kappa shape index (κ1) is 16.7. The van der Waals surface area contributed by atoms with Crippen LogP contribution in [0.5, 0.6) is 0 Å². The molecule has 0 amide bonds. The molecule has 0 aromatic carbocycles. The third-order valence-electron chi connectivity index (χ3n) is 3.40. The summed E-state index contributed by atoms with van der Waals surface area (Å²) in [4.78, 5) is 28.3. The largest absolute Gasteiger partial charge is 0.481 e. The van der Waals surface area contributed by atoms with Crippen LogP contribution in [0.1, 0.15) is 13.8 Å². The molecule has 1 aromatic heterocycles. The van der Waals surface area contributed by atoms with Crippen LogP contribution in [0.2, 0.25) is 0 Å². The fourth-order valence-corrected chi connectivity index (χ4v) is 1.92. The second kappa shape index (κ2) is 6.92. The summed E-state index contributed by atoms with van der Waals surface area (Å²) in [6, 6.07) is 2.79. The van der Waals surface area contributed by atoms with Gasteiger partial charge >= 0.3 is 11.9 Å². The molecule has 7 nitrogen and oxygen atoms in total. The first-order valence-corrected chi connectivity index (χ1v) is 6.59. The summed E-state index contributed by atoms with van der Waals surface area (Å²) in [5.74, 6) is -3.01. The van der Waals surface area contributed by atoms with E-state index in [0.717, 1.165) is 5.82 Å². The van der Waals surface area contributed by atoms with E-state index in [2.05, 4.69) is 10.3 Å². The first-order valence-electron chi connectivity index (χ1n) is 6.59. The number of anilines is 2. The number of carboxylic acids is 2. The smallest absolute Gasteiger partial charge is 0.308 e. The monoisotopic (exact) mass is 295 g/mol. The second-order valence-electron chi connectivity index (χ2n) is 5.22. The quantitative estimate of drug-likeness (QED) is 0.698. The molecule has 2 atom stereocenters. The Morgan fingerprint density at radius 3 is 2.00 bits per heavy atom. The number of hydrogen-bond acceptors (Lipinski definition) is 5. The van der Waals surface area contributed by atoms with Gasteiger partial charge in [-0.25, -0.2) is 4.98 Å². The van der Waals surface area contributed by atoms with Crippen LogP contribution in [0.25, 0.3) is 0 Å². The van der Waals surface area contributed by atoms with Crippen molar-refractivity contribution < 1.29 is 19.8 Å². The molecule has 2 unspecified atom stereocenters. The number of hydrogen-bond donors (Lipinski definition) is 3. The Kier molecular flexibility index (Phi) is 5.52. The summed E-state index contributed by atoms with van der Waals surface area (Å²) >= 11 is 0. The average molecular weight is 295 g/mol. The van der Waals surface area contributed by atoms with Crippen molar-refractivity contribution in [3.8, 4) is 0 Å². The van der Waals surface area contributed by atoms with E-state index in [1.807, 2.05) is 19.0 Å². The SMILES string of the molecule is CC(C(=O)O)C(Nc1ccc(N(C)C)nc1)C(C)C(=O)O. The predicted molar refractivity (Wildman–Crippen MR) is 79.6 cm³/mol. The molecule has 116 valence electrons. The van der Waals surface area contributed by atoms with Crippen LogP contribution in [0, 0.1) is 11.8 Å². The molecule has 0 aliphatic heterocycles. The maximum atomic E-state index is 11.1. The molecule has 7 heteroatoms. The van der Waals surface area contributed by atoms with E-state index in [1.165, 1.54) is 13.8 Å². The maximum Gasteiger partial charge on any atom is 0.308 e. The zero-order valence-corrected chi connectivity index (χ0v) is 12.6. The highest BCUT2D eigenvalue weighted by Crippen LogP contribution is 2.21. The first-order chi connectivity index (χ1) is 9.73. The van der Waals surface area contributed by atoms with E-state index in [0.29, 0.717) is 5.69 Å². The van der Waals surface area contributed by atoms with Gasteiger partial charge < -0.3 is 20.4 Å². The summed E-state index contributed by atoms with van der Waals surface area (Å²) in [5, 5.41) is 21.2. The van der Waals surface area contributed by atoms with Gasteiger partial charge in [0.15, 0.2) is 0 Å². The topological polar surface area (TPSA) is 103 Å². The second-order valence-corrected chi connectivity index (χ2v) is 5.22. The van der Waals surface area contributed by atoms with Gasteiger partial charge in [0.1, 0.15) is 5.82 Å². The van der Waals surface area contributed by atoms with Crippen LogP contribution in [-0.4, -0.2) is 47.3 Å². The van der Waals surface area contributed by atoms with Gasteiger partial charge in [0.25, 0.3) is 0 Å². The van der Waals surface area contributed by atoms with Crippen LogP contribution < -0.4 is 10.2 Å². The lowest BCUT2D eigenvalue weighted by Crippen LogP contribution is -2.41. The van der Waals surface area contributed by atoms with Gasteiger partial charge in [-0.05, 0) is 26.0 Å². The van der Waals surface area contributed by atoms with E-state index in [1.54, 1.807) is 18.3 Å². The molecule has 0 radical (unpaired) electrons. The molecular formula is C14H21N3O4. The molecule has 0 bridgehead atoms. The van der Waals surface area contributed by atoms with Crippen molar-refractivity contribution in [1.82, 2.24) is 4.98 Å². The highest BCUT2D eigenvalue weighted by atomic mass is 16.4. The lowest BCUT2D eigenvalue weighted by atomic mass is 9.90. The fraction of sp³-hybridized carbons (Fsp3) is 0.500. The minimum Gasteiger partial charge on any atom is -0.481 e. The van der Waals surface area contributed by atoms with Crippen LogP contribution in [-0.2, 0) is 9.59 Å². The lowest BCUT2D eigenvalue weighted by Gasteiger charge is -2.26. The van der Waals surface area contributed by atoms with Crippen LogP contribution in [0.4, 0.5) is 11.5 Å². The standard InChI is InChI=1S/C14H21N3O4/c1-8(13(18)19)12(9(2)14(20)21)16-10-5-6-11(15-7-10)17(3)4/h5-9,12,16H,1-4H3,(H,18,19)(H,20,21). The maximum absolute atomic E-state index is 11.1. The number of pyridine rings is 1. The average Bonchev–Trinajstić information content (AvgIpc) is 2.43. The normalized spacial score (nSPS) is 14.9. The van der Waals surface area contributed by atoms with Crippen molar-refractivity contribution in [2.75, 3.05) is 24.3 Å². The number of rotatable bonds is 7. The Bertz CT molecular complexity index is 481. The third-order valence-corrected chi connectivity index (χ3v) is 3.40. The van der Waals surface area contributed by atoms with Gasteiger partial charge in [-0.1, -0.05) is 0 Å². The van der Waals surface area contributed by atoms with E-state index in [4.69, 9.17) is 10.2 Å². The van der Waals surface area contributed by atoms with E-state index in [-0.39, 0.29) is 0 Å². The van der Waals surface area contributed by atoms with Crippen molar-refractivity contribution in [3.05, 3.63) is 18.3 Å². The molecule has 3 N–H and O–H groups in total. The van der Waals surface area contributed by atoms with Gasteiger partial charge in [-0.3, -0.25) is 9.59 Å². The molecule has 0 fully saturated rings. The van der Waals surface area contributed by atoms with E-state index < -0.39 is 29.8 Å². The Balaban J connectivity index is 2.95. The predicted octanol–water partition coefficient (Wildman–Crippen LogP) is 1.37. The molecule has 1 aromatic rings. The fourth-order valence-electron chi connectivity index (χ4n) is 1.92. The number of carbonyl (C=O) groups is 2. The molecule has 21 heavy (non-hydrogen) atoms. The zero-order valence-electron chi connectivity index (χ0n) is 12.6. The number of nitrogens with one attached hydrogen (secondary N) is 1. The lowest BCUT2D eigenvalue weighted by molar-refractivity contribution is -0.145. The summed E-state index contributed by atoms with van der Waals surface area (Å²) in [7, 11) is 3.72. The van der Waals surface area contributed by atoms with Crippen LogP contribution in [0.3, 0.4) is 0 Å². The van der Waals surface area contributed by atoms with Gasteiger partial charge in [0.2, 0.25) is 0 Å². The molecule has 0 spiro atoms. The summed E-state index contributed by atoms with van der Waals surface area (Å²) in [6.07, 6.45) is 1.56. The molecule has 0 saturated heterocycles. The van der Waals surface area contributed by atoms with Crippen molar-refractivity contribution >= 4 is 23.4 Å². The summed E-state index contributed by atoms with van der Waals surface area (Å²) in [5.41, 5.74) is 0.590. The van der Waals surface area contributed by atoms with Crippen LogP contribution in [0.15, 0.2) is 18.3 Å². The van der Waals surface area contributed by atoms with Crippen molar-refractivity contribution in [1.29, 1.82) is 0 Å². The summed E-state index contributed by atoms with van der Waals surface area (Å²) < 4.78 is 0. The third kappa shape index (κ3) is 4.34. The van der Waals surface area contributed by atoms with Crippen molar-refractivity contribution in [2.45, 2.75) is 19.9 Å². The molecular weight excluding hydrogens is 274 g/mol. The minimum atomic E-state index is -1.04. The van der Waals surface area contributed by atoms with Gasteiger partial charge in [0.05, 0.1) is 29.8 Å². The highest BCUT2D eigenvalue weighted by molar-refractivity contribution is 5.76. The van der Waals surface area contributed by atoms with E-state index in [9.17, 15) is 9.59 Å². The van der Waals surface area contributed by atoms with E-state index >= 15 is 0 Å². The molecule has 1 heterocycles. The van der Waals surface area contributed by atoms with Gasteiger partial charge in [0, 0.05) is 14.1 Å². The molecule has 0 saturated carbocycles. The Morgan fingerprint density at radius 2 is 1.67 bits per heavy atom. The highest BCUT2D eigenvalue weighted by Gasteiger charge is 2.32. The minimum absolute atomic E-state index is 0.590. The Labute approximate surface area is 123 Å². The number of aromatic nitrogens is 1. The van der Waals surface area contributed by atoms with Crippen molar-refractivity contribution in [2.24, 2.45) is 11.8 Å². The molecule has 0 aliphatic rings. The van der Waals surface area contributed by atoms with Crippen LogP contribution >= 0.6 is 0 Å². The Morgan fingerprint density at radius 1 is 1.14 bits per heavy atom. The number of carboxylic acid groups (broad SMARTS) is 2. The van der Waals surface area contributed by atoms with Gasteiger partial charge in [-0.15, -0.1) is 0 Å². The molecule has 1 rings (SSSR count). The van der Waals surface area contributed by atoms with Crippen molar-refractivity contribution in [3.63, 3.8) is 0 Å². The number of nitrogens with zero attached hydrogens (tertiary/aromatic N) is 2. The molecule has 0 aliphatic carbocycles. The van der Waals surface area contributed by atoms with Gasteiger partial charge in [-0.2, -0.15) is 0 Å². The Hall–Kier alpha value is -2.31. The number of aliphatic carboxylic acids is 2. The summed E-state index contributed by atoms with van der Waals surface area (Å²) in [6.45, 7) is 2.97.